The van der Waals surface area contributed by atoms with Gasteiger partial charge in [-0.15, -0.1) is 0 Å². The molecule has 0 unspecified atom stereocenters. The molecule has 0 amide bonds. The van der Waals surface area contributed by atoms with E-state index in [2.05, 4.69) is 10.6 Å². The SMILES string of the molecule is CC[C@H](NC(=S)Nc1ccc(F)c(Cl)c1)c1ccc(S(C)(=O)=O)cc1. The summed E-state index contributed by atoms with van der Waals surface area (Å²) in [5.41, 5.74) is 1.49. The Labute approximate surface area is 157 Å². The van der Waals surface area contributed by atoms with Gasteiger partial charge >= 0.3 is 0 Å². The Kier molecular flexibility index (Phi) is 6.37. The highest BCUT2D eigenvalue weighted by Gasteiger charge is 2.13. The second kappa shape index (κ2) is 8.12. The zero-order valence-corrected chi connectivity index (χ0v) is 16.1. The first-order valence-electron chi connectivity index (χ1n) is 7.53. The number of hydrogen-bond donors (Lipinski definition) is 2. The molecule has 2 N–H and O–H groups in total. The van der Waals surface area contributed by atoms with Crippen LogP contribution in [0.15, 0.2) is 47.4 Å². The van der Waals surface area contributed by atoms with Crippen LogP contribution in [0.3, 0.4) is 0 Å². The van der Waals surface area contributed by atoms with Crippen molar-refractivity contribution in [1.29, 1.82) is 0 Å². The Morgan fingerprint density at radius 1 is 1.24 bits per heavy atom. The summed E-state index contributed by atoms with van der Waals surface area (Å²) in [7, 11) is -3.23. The summed E-state index contributed by atoms with van der Waals surface area (Å²) < 4.78 is 36.3. The molecule has 0 fully saturated rings. The Morgan fingerprint density at radius 3 is 2.40 bits per heavy atom. The van der Waals surface area contributed by atoms with Crippen molar-refractivity contribution in [3.8, 4) is 0 Å². The van der Waals surface area contributed by atoms with E-state index < -0.39 is 15.7 Å². The van der Waals surface area contributed by atoms with Crippen LogP contribution in [0.1, 0.15) is 24.9 Å². The molecule has 0 spiro atoms. The van der Waals surface area contributed by atoms with Gasteiger partial charge in [-0.3, -0.25) is 0 Å². The Morgan fingerprint density at radius 2 is 1.88 bits per heavy atom. The minimum atomic E-state index is -3.23. The maximum absolute atomic E-state index is 13.2. The third kappa shape index (κ3) is 5.39. The average Bonchev–Trinajstić information content (AvgIpc) is 2.55. The van der Waals surface area contributed by atoms with E-state index in [0.29, 0.717) is 10.8 Å². The lowest BCUT2D eigenvalue weighted by molar-refractivity contribution is 0.601. The standard InChI is InChI=1S/C17H18ClFN2O2S2/c1-3-16(11-4-7-13(8-5-11)25(2,22)23)21-17(24)20-12-6-9-15(19)14(18)10-12/h4-10,16H,3H2,1-2H3,(H2,20,21,24)/t16-/m0/s1. The smallest absolute Gasteiger partial charge is 0.175 e. The molecule has 2 aromatic rings. The van der Waals surface area contributed by atoms with Gasteiger partial charge in [0.15, 0.2) is 14.9 Å². The number of benzene rings is 2. The third-order valence-corrected chi connectivity index (χ3v) is 5.24. The minimum Gasteiger partial charge on any atom is -0.356 e. The highest BCUT2D eigenvalue weighted by molar-refractivity contribution is 7.90. The fraction of sp³-hybridized carbons (Fsp3) is 0.235. The van der Waals surface area contributed by atoms with Gasteiger partial charge in [0.1, 0.15) is 5.82 Å². The lowest BCUT2D eigenvalue weighted by Gasteiger charge is -2.20. The molecule has 0 aliphatic rings. The van der Waals surface area contributed by atoms with Crippen LogP contribution in [0.2, 0.25) is 5.02 Å². The maximum atomic E-state index is 13.2. The first-order valence-corrected chi connectivity index (χ1v) is 10.2. The third-order valence-electron chi connectivity index (χ3n) is 3.60. The van der Waals surface area contributed by atoms with Gasteiger partial charge in [-0.2, -0.15) is 0 Å². The normalized spacial score (nSPS) is 12.5. The van der Waals surface area contributed by atoms with Gasteiger partial charge in [-0.05, 0) is 54.5 Å². The van der Waals surface area contributed by atoms with Gasteiger partial charge in [-0.1, -0.05) is 30.7 Å². The molecule has 2 aromatic carbocycles. The summed E-state index contributed by atoms with van der Waals surface area (Å²) in [6, 6.07) is 10.8. The number of rotatable bonds is 5. The molecule has 25 heavy (non-hydrogen) atoms. The largest absolute Gasteiger partial charge is 0.356 e. The van der Waals surface area contributed by atoms with E-state index in [1.54, 1.807) is 24.3 Å². The van der Waals surface area contributed by atoms with Crippen molar-refractivity contribution in [1.82, 2.24) is 5.32 Å². The van der Waals surface area contributed by atoms with Crippen LogP contribution in [-0.4, -0.2) is 19.8 Å². The van der Waals surface area contributed by atoms with E-state index in [4.69, 9.17) is 23.8 Å². The Hall–Kier alpha value is -1.70. The first kappa shape index (κ1) is 19.6. The lowest BCUT2D eigenvalue weighted by atomic mass is 10.1. The van der Waals surface area contributed by atoms with Crippen molar-refractivity contribution in [2.45, 2.75) is 24.3 Å². The van der Waals surface area contributed by atoms with Gasteiger partial charge in [-0.25, -0.2) is 12.8 Å². The molecule has 0 aromatic heterocycles. The van der Waals surface area contributed by atoms with Gasteiger partial charge in [0, 0.05) is 11.9 Å². The molecule has 8 heteroatoms. The lowest BCUT2D eigenvalue weighted by Crippen LogP contribution is -2.32. The summed E-state index contributed by atoms with van der Waals surface area (Å²) in [4.78, 5) is 0.271. The predicted octanol–water partition coefficient (Wildman–Crippen LogP) is 4.32. The van der Waals surface area contributed by atoms with Crippen LogP contribution in [0.25, 0.3) is 0 Å². The molecule has 0 bridgehead atoms. The van der Waals surface area contributed by atoms with Crippen LogP contribution < -0.4 is 10.6 Å². The van der Waals surface area contributed by atoms with Crippen LogP contribution in [0.4, 0.5) is 10.1 Å². The molecule has 0 saturated heterocycles. The fourth-order valence-corrected chi connectivity index (χ4v) is 3.34. The average molecular weight is 401 g/mol. The second-order valence-electron chi connectivity index (χ2n) is 5.53. The molecule has 0 saturated carbocycles. The number of nitrogens with one attached hydrogen (secondary N) is 2. The summed E-state index contributed by atoms with van der Waals surface area (Å²) in [6.07, 6.45) is 1.91. The van der Waals surface area contributed by atoms with Gasteiger partial charge < -0.3 is 10.6 Å². The number of sulfone groups is 1. The van der Waals surface area contributed by atoms with Crippen molar-refractivity contribution in [3.05, 3.63) is 58.9 Å². The highest BCUT2D eigenvalue weighted by Crippen LogP contribution is 2.21. The van der Waals surface area contributed by atoms with Crippen molar-refractivity contribution < 1.29 is 12.8 Å². The summed E-state index contributed by atoms with van der Waals surface area (Å²) in [5, 5.41) is 6.48. The zero-order chi connectivity index (χ0) is 18.6. The number of thiocarbonyl (C=S) groups is 1. The number of anilines is 1. The molecular weight excluding hydrogens is 383 g/mol. The highest BCUT2D eigenvalue weighted by atomic mass is 35.5. The topological polar surface area (TPSA) is 58.2 Å². The van der Waals surface area contributed by atoms with E-state index >= 15 is 0 Å². The van der Waals surface area contributed by atoms with Gasteiger partial charge in [0.25, 0.3) is 0 Å². The molecule has 4 nitrogen and oxygen atoms in total. The molecule has 0 radical (unpaired) electrons. The summed E-state index contributed by atoms with van der Waals surface area (Å²) in [5.74, 6) is -0.497. The molecule has 0 heterocycles. The van der Waals surface area contributed by atoms with Crippen LogP contribution in [-0.2, 0) is 9.84 Å². The van der Waals surface area contributed by atoms with E-state index in [9.17, 15) is 12.8 Å². The maximum Gasteiger partial charge on any atom is 0.175 e. The van der Waals surface area contributed by atoms with Crippen LogP contribution in [0, 0.1) is 5.82 Å². The van der Waals surface area contributed by atoms with Crippen molar-refractivity contribution in [2.75, 3.05) is 11.6 Å². The quantitative estimate of drug-likeness (QED) is 0.732. The van der Waals surface area contributed by atoms with E-state index in [0.717, 1.165) is 12.0 Å². The minimum absolute atomic E-state index is 0.0104. The Bertz CT molecular complexity index is 871. The van der Waals surface area contributed by atoms with Gasteiger partial charge in [0.05, 0.1) is 16.0 Å². The molecular formula is C17H18ClFN2O2S2. The molecule has 0 aliphatic carbocycles. The van der Waals surface area contributed by atoms with E-state index in [-0.39, 0.29) is 16.0 Å². The molecule has 0 aliphatic heterocycles. The second-order valence-corrected chi connectivity index (χ2v) is 8.36. The van der Waals surface area contributed by atoms with Crippen molar-refractivity contribution in [3.63, 3.8) is 0 Å². The molecule has 1 atom stereocenters. The summed E-state index contributed by atoms with van der Waals surface area (Å²) >= 11 is 11.0. The zero-order valence-electron chi connectivity index (χ0n) is 13.7. The molecule has 134 valence electrons. The first-order chi connectivity index (χ1) is 11.7. The fourth-order valence-electron chi connectivity index (χ4n) is 2.27. The molecule has 2 rings (SSSR count). The summed E-state index contributed by atoms with van der Waals surface area (Å²) in [6.45, 7) is 1.99. The monoisotopic (exact) mass is 400 g/mol. The number of halogens is 2. The van der Waals surface area contributed by atoms with E-state index in [1.165, 1.54) is 24.5 Å². The van der Waals surface area contributed by atoms with E-state index in [1.807, 2.05) is 6.92 Å². The van der Waals surface area contributed by atoms with Gasteiger partial charge in [0.2, 0.25) is 0 Å². The van der Waals surface area contributed by atoms with Crippen molar-refractivity contribution in [2.24, 2.45) is 0 Å². The number of hydrogen-bond acceptors (Lipinski definition) is 3. The predicted molar refractivity (Wildman–Crippen MR) is 103 cm³/mol. The van der Waals surface area contributed by atoms with Crippen LogP contribution >= 0.6 is 23.8 Å². The van der Waals surface area contributed by atoms with Crippen LogP contribution in [0.5, 0.6) is 0 Å². The Balaban J connectivity index is 2.08. The van der Waals surface area contributed by atoms with Crippen molar-refractivity contribution >= 4 is 44.5 Å².